The maximum atomic E-state index is 12.1. The number of fused-ring (bicyclic) bond motifs is 1. The number of aromatic hydroxyl groups is 1. The van der Waals surface area contributed by atoms with Crippen LogP contribution in [0.2, 0.25) is 0 Å². The predicted molar refractivity (Wildman–Crippen MR) is 74.6 cm³/mol. The zero-order chi connectivity index (χ0) is 13.4. The zero-order valence-corrected chi connectivity index (χ0v) is 10.7. The zero-order valence-electron chi connectivity index (χ0n) is 10.7. The fourth-order valence-electron chi connectivity index (χ4n) is 2.43. The maximum absolute atomic E-state index is 12.1. The number of carbonyl (C=O) groups is 1. The summed E-state index contributed by atoms with van der Waals surface area (Å²) in [5.74, 6) is 0.407. The Morgan fingerprint density at radius 3 is 2.79 bits per heavy atom. The van der Waals surface area contributed by atoms with E-state index in [1.165, 1.54) is 0 Å². The number of anilines is 1. The van der Waals surface area contributed by atoms with Gasteiger partial charge in [0.05, 0.1) is 6.04 Å². The van der Waals surface area contributed by atoms with Gasteiger partial charge in [0.15, 0.2) is 5.78 Å². The molecule has 3 heteroatoms. The average Bonchev–Trinajstić information content (AvgIpc) is 2.42. The second-order valence-corrected chi connectivity index (χ2v) is 4.92. The van der Waals surface area contributed by atoms with Gasteiger partial charge < -0.3 is 10.4 Å². The molecule has 1 heterocycles. The Hall–Kier alpha value is -2.29. The van der Waals surface area contributed by atoms with Crippen LogP contribution in [0.5, 0.6) is 5.75 Å². The number of hydrogen-bond acceptors (Lipinski definition) is 3. The van der Waals surface area contributed by atoms with Gasteiger partial charge in [-0.1, -0.05) is 24.3 Å². The molecule has 0 spiro atoms. The SMILES string of the molecule is Cc1ccc(C2CC(=O)c3ccccc3N2)cc1O. The number of nitrogens with one attached hydrogen (secondary N) is 1. The Morgan fingerprint density at radius 2 is 2.00 bits per heavy atom. The van der Waals surface area contributed by atoms with Gasteiger partial charge in [-0.05, 0) is 36.2 Å². The van der Waals surface area contributed by atoms with E-state index in [0.29, 0.717) is 6.42 Å². The van der Waals surface area contributed by atoms with Gasteiger partial charge in [-0.15, -0.1) is 0 Å². The van der Waals surface area contributed by atoms with E-state index < -0.39 is 0 Å². The van der Waals surface area contributed by atoms with Crippen molar-refractivity contribution in [1.29, 1.82) is 0 Å². The molecule has 1 atom stereocenters. The monoisotopic (exact) mass is 253 g/mol. The third-order valence-electron chi connectivity index (χ3n) is 3.58. The van der Waals surface area contributed by atoms with E-state index in [4.69, 9.17) is 0 Å². The Kier molecular flexibility index (Phi) is 2.75. The molecule has 1 aliphatic heterocycles. The Balaban J connectivity index is 1.96. The summed E-state index contributed by atoms with van der Waals surface area (Å²) in [6.45, 7) is 1.86. The minimum Gasteiger partial charge on any atom is -0.508 e. The molecule has 0 fully saturated rings. The highest BCUT2D eigenvalue weighted by Crippen LogP contribution is 2.33. The standard InChI is InChI=1S/C16H15NO2/c1-10-6-7-11(8-15(10)18)14-9-16(19)12-4-2-3-5-13(12)17-14/h2-8,14,17-18H,9H2,1H3. The van der Waals surface area contributed by atoms with E-state index in [2.05, 4.69) is 5.32 Å². The lowest BCUT2D eigenvalue weighted by atomic mass is 9.92. The van der Waals surface area contributed by atoms with Gasteiger partial charge in [-0.2, -0.15) is 0 Å². The third-order valence-corrected chi connectivity index (χ3v) is 3.58. The minimum absolute atomic E-state index is 0.0751. The number of para-hydroxylation sites is 1. The smallest absolute Gasteiger partial charge is 0.167 e. The Labute approximate surface area is 111 Å². The largest absolute Gasteiger partial charge is 0.508 e. The third kappa shape index (κ3) is 2.08. The molecule has 3 nitrogen and oxygen atoms in total. The van der Waals surface area contributed by atoms with E-state index in [9.17, 15) is 9.90 Å². The fraction of sp³-hybridized carbons (Fsp3) is 0.188. The predicted octanol–water partition coefficient (Wildman–Crippen LogP) is 3.44. The van der Waals surface area contributed by atoms with E-state index in [-0.39, 0.29) is 17.6 Å². The van der Waals surface area contributed by atoms with Crippen LogP contribution in [0.15, 0.2) is 42.5 Å². The summed E-state index contributed by atoms with van der Waals surface area (Å²) in [7, 11) is 0. The number of rotatable bonds is 1. The number of Topliss-reactive ketones (excluding diaryl/α,β-unsaturated/α-hetero) is 1. The van der Waals surface area contributed by atoms with Crippen molar-refractivity contribution in [3.05, 3.63) is 59.2 Å². The van der Waals surface area contributed by atoms with E-state index in [1.54, 1.807) is 6.07 Å². The van der Waals surface area contributed by atoms with E-state index in [1.807, 2.05) is 43.3 Å². The van der Waals surface area contributed by atoms with Crippen LogP contribution < -0.4 is 5.32 Å². The van der Waals surface area contributed by atoms with Crippen molar-refractivity contribution in [2.24, 2.45) is 0 Å². The first-order valence-corrected chi connectivity index (χ1v) is 6.33. The summed E-state index contributed by atoms with van der Waals surface area (Å²) in [5, 5.41) is 13.1. The van der Waals surface area contributed by atoms with E-state index in [0.717, 1.165) is 22.4 Å². The maximum Gasteiger partial charge on any atom is 0.167 e. The molecule has 1 aliphatic rings. The molecule has 0 aliphatic carbocycles. The van der Waals surface area contributed by atoms with E-state index >= 15 is 0 Å². The first-order chi connectivity index (χ1) is 9.15. The highest BCUT2D eigenvalue weighted by atomic mass is 16.3. The number of hydrogen-bond donors (Lipinski definition) is 2. The van der Waals surface area contributed by atoms with Gasteiger partial charge in [0.1, 0.15) is 5.75 Å². The van der Waals surface area contributed by atoms with Crippen LogP contribution in [0.25, 0.3) is 0 Å². The van der Waals surface area contributed by atoms with Crippen molar-refractivity contribution in [3.63, 3.8) is 0 Å². The molecule has 2 aromatic rings. The second kappa shape index (κ2) is 4.43. The molecule has 2 aromatic carbocycles. The number of phenolic OH excluding ortho intramolecular Hbond substituents is 1. The highest BCUT2D eigenvalue weighted by molar-refractivity contribution is 6.03. The number of aryl methyl sites for hydroxylation is 1. The average molecular weight is 253 g/mol. The van der Waals surface area contributed by atoms with Gasteiger partial charge >= 0.3 is 0 Å². The van der Waals surface area contributed by atoms with Crippen molar-refractivity contribution in [2.45, 2.75) is 19.4 Å². The van der Waals surface area contributed by atoms with Crippen molar-refractivity contribution >= 4 is 11.5 Å². The molecule has 1 unspecified atom stereocenters. The van der Waals surface area contributed by atoms with Crippen molar-refractivity contribution in [3.8, 4) is 5.75 Å². The van der Waals surface area contributed by atoms with Crippen molar-refractivity contribution in [1.82, 2.24) is 0 Å². The van der Waals surface area contributed by atoms with Crippen LogP contribution in [-0.4, -0.2) is 10.9 Å². The molecule has 0 saturated heterocycles. The number of carbonyl (C=O) groups excluding carboxylic acids is 1. The Bertz CT molecular complexity index is 649. The summed E-state index contributed by atoms with van der Waals surface area (Å²) >= 11 is 0. The van der Waals surface area contributed by atoms with Crippen molar-refractivity contribution < 1.29 is 9.90 Å². The molecule has 96 valence electrons. The molecule has 2 N–H and O–H groups in total. The molecule has 0 amide bonds. The summed E-state index contributed by atoms with van der Waals surface area (Å²) in [6, 6.07) is 13.0. The van der Waals surface area contributed by atoms with Crippen molar-refractivity contribution in [2.75, 3.05) is 5.32 Å². The van der Waals surface area contributed by atoms with Crippen LogP contribution in [0.3, 0.4) is 0 Å². The molecular weight excluding hydrogens is 238 g/mol. The lowest BCUT2D eigenvalue weighted by Crippen LogP contribution is -2.22. The number of ketones is 1. The van der Waals surface area contributed by atoms with Crippen LogP contribution in [0, 0.1) is 6.92 Å². The lowest BCUT2D eigenvalue weighted by molar-refractivity contribution is 0.0972. The van der Waals surface area contributed by atoms with Gasteiger partial charge in [0.2, 0.25) is 0 Å². The molecule has 0 bridgehead atoms. The summed E-state index contributed by atoms with van der Waals surface area (Å²) in [4.78, 5) is 12.1. The molecular formula is C16H15NO2. The van der Waals surface area contributed by atoms with Gasteiger partial charge in [0.25, 0.3) is 0 Å². The van der Waals surface area contributed by atoms with Gasteiger partial charge in [0, 0.05) is 17.7 Å². The minimum atomic E-state index is -0.0751. The van der Waals surface area contributed by atoms with Crippen LogP contribution in [-0.2, 0) is 0 Å². The van der Waals surface area contributed by atoms with Crippen LogP contribution in [0.4, 0.5) is 5.69 Å². The van der Waals surface area contributed by atoms with Crippen LogP contribution >= 0.6 is 0 Å². The molecule has 0 radical (unpaired) electrons. The quantitative estimate of drug-likeness (QED) is 0.818. The highest BCUT2D eigenvalue weighted by Gasteiger charge is 2.25. The molecule has 0 saturated carbocycles. The first-order valence-electron chi connectivity index (χ1n) is 6.33. The van der Waals surface area contributed by atoms with Gasteiger partial charge in [-0.25, -0.2) is 0 Å². The second-order valence-electron chi connectivity index (χ2n) is 4.92. The number of phenols is 1. The van der Waals surface area contributed by atoms with Crippen LogP contribution in [0.1, 0.15) is 33.9 Å². The summed E-state index contributed by atoms with van der Waals surface area (Å²) in [6.07, 6.45) is 0.416. The lowest BCUT2D eigenvalue weighted by Gasteiger charge is -2.26. The van der Waals surface area contributed by atoms with Gasteiger partial charge in [-0.3, -0.25) is 4.79 Å². The molecule has 0 aromatic heterocycles. The molecule has 19 heavy (non-hydrogen) atoms. The Morgan fingerprint density at radius 1 is 1.21 bits per heavy atom. The number of benzene rings is 2. The molecule has 3 rings (SSSR count). The first kappa shape index (κ1) is 11.8. The summed E-state index contributed by atoms with van der Waals surface area (Å²) in [5.41, 5.74) is 3.39. The normalized spacial score (nSPS) is 17.7. The fourth-order valence-corrected chi connectivity index (χ4v) is 2.43. The topological polar surface area (TPSA) is 49.3 Å². The summed E-state index contributed by atoms with van der Waals surface area (Å²) < 4.78 is 0.